The molecule has 1 atom stereocenters. The highest BCUT2D eigenvalue weighted by Gasteiger charge is 2.28. The van der Waals surface area contributed by atoms with Crippen LogP contribution in [-0.2, 0) is 10.0 Å². The highest BCUT2D eigenvalue weighted by molar-refractivity contribution is 7.89. The molecule has 21 heavy (non-hydrogen) atoms. The van der Waals surface area contributed by atoms with Gasteiger partial charge >= 0.3 is 5.97 Å². The third-order valence-corrected chi connectivity index (χ3v) is 5.73. The van der Waals surface area contributed by atoms with E-state index in [1.807, 2.05) is 7.05 Å². The second-order valence-electron chi connectivity index (χ2n) is 5.51. The lowest BCUT2D eigenvalue weighted by Gasteiger charge is -2.19. The summed E-state index contributed by atoms with van der Waals surface area (Å²) in [6, 6.07) is 0.193. The van der Waals surface area contributed by atoms with E-state index in [9.17, 15) is 13.2 Å². The largest absolute Gasteiger partial charge is 0.477 e. The molecule has 1 aliphatic heterocycles. The number of aromatic amines is 1. The molecule has 1 aliphatic rings. The second-order valence-corrected chi connectivity index (χ2v) is 7.22. The van der Waals surface area contributed by atoms with Crippen LogP contribution in [0.1, 0.15) is 34.6 Å². The Morgan fingerprint density at radius 2 is 2.14 bits per heavy atom. The number of hydrogen-bond acceptors (Lipinski definition) is 4. The normalized spacial score (nSPS) is 20.0. The van der Waals surface area contributed by atoms with Gasteiger partial charge in [0.25, 0.3) is 0 Å². The van der Waals surface area contributed by atoms with Crippen LogP contribution in [0.3, 0.4) is 0 Å². The average Bonchev–Trinajstić information content (AvgIpc) is 2.91. The zero-order valence-corrected chi connectivity index (χ0v) is 13.2. The van der Waals surface area contributed by atoms with Crippen LogP contribution < -0.4 is 4.72 Å². The molecule has 1 unspecified atom stereocenters. The third kappa shape index (κ3) is 3.12. The van der Waals surface area contributed by atoms with Crippen LogP contribution in [0.25, 0.3) is 0 Å². The topological polar surface area (TPSA) is 102 Å². The van der Waals surface area contributed by atoms with Crippen LogP contribution >= 0.6 is 0 Å². The summed E-state index contributed by atoms with van der Waals surface area (Å²) in [5.74, 6) is -1.16. The fourth-order valence-electron chi connectivity index (χ4n) is 2.86. The van der Waals surface area contributed by atoms with Crippen LogP contribution in [0.2, 0.25) is 0 Å². The number of nitrogens with one attached hydrogen (secondary N) is 2. The SMILES string of the molecule is Cc1[nH]c(C(=O)O)c(C)c1S(=O)(=O)NCC1CCCN1C. The van der Waals surface area contributed by atoms with Crippen LogP contribution in [0.15, 0.2) is 4.90 Å². The molecule has 1 fully saturated rings. The smallest absolute Gasteiger partial charge is 0.352 e. The van der Waals surface area contributed by atoms with Crippen molar-refractivity contribution in [1.29, 1.82) is 0 Å². The standard InChI is InChI=1S/C13H21N3O4S/c1-8-11(13(17)18)15-9(2)12(8)21(19,20)14-7-10-5-4-6-16(10)3/h10,14-15H,4-7H2,1-3H3,(H,17,18). The summed E-state index contributed by atoms with van der Waals surface area (Å²) in [5, 5.41) is 9.05. The molecule has 7 nitrogen and oxygen atoms in total. The zero-order valence-electron chi connectivity index (χ0n) is 12.4. The Labute approximate surface area is 124 Å². The van der Waals surface area contributed by atoms with Crippen LogP contribution in [0.4, 0.5) is 0 Å². The summed E-state index contributed by atoms with van der Waals surface area (Å²) in [6.45, 7) is 4.38. The van der Waals surface area contributed by atoms with E-state index in [1.165, 1.54) is 6.92 Å². The van der Waals surface area contributed by atoms with Gasteiger partial charge in [-0.2, -0.15) is 0 Å². The molecule has 3 N–H and O–H groups in total. The maximum absolute atomic E-state index is 12.4. The first-order chi connectivity index (χ1) is 9.74. The molecule has 1 saturated heterocycles. The molecule has 0 aromatic carbocycles. The van der Waals surface area contributed by atoms with Gasteiger partial charge in [-0.05, 0) is 40.3 Å². The third-order valence-electron chi connectivity index (χ3n) is 4.03. The number of aromatic nitrogens is 1. The van der Waals surface area contributed by atoms with Crippen molar-refractivity contribution in [3.05, 3.63) is 17.0 Å². The fraction of sp³-hybridized carbons (Fsp3) is 0.615. The quantitative estimate of drug-likeness (QED) is 0.742. The molecular weight excluding hydrogens is 294 g/mol. The zero-order chi connectivity index (χ0) is 15.8. The van der Waals surface area contributed by atoms with Gasteiger partial charge in [0.1, 0.15) is 10.6 Å². The van der Waals surface area contributed by atoms with E-state index in [-0.39, 0.29) is 22.2 Å². The van der Waals surface area contributed by atoms with Crippen molar-refractivity contribution in [2.45, 2.75) is 37.6 Å². The van der Waals surface area contributed by atoms with Gasteiger partial charge in [0.05, 0.1) is 0 Å². The minimum absolute atomic E-state index is 0.0422. The fourth-order valence-corrected chi connectivity index (χ4v) is 4.38. The maximum atomic E-state index is 12.4. The molecule has 0 spiro atoms. The van der Waals surface area contributed by atoms with Crippen molar-refractivity contribution < 1.29 is 18.3 Å². The molecule has 0 radical (unpaired) electrons. The molecule has 118 valence electrons. The Morgan fingerprint density at radius 1 is 1.48 bits per heavy atom. The number of carboxylic acid groups (broad SMARTS) is 1. The lowest BCUT2D eigenvalue weighted by Crippen LogP contribution is -2.38. The number of likely N-dealkylation sites (tertiary alicyclic amines) is 1. The molecule has 0 amide bonds. The molecule has 0 bridgehead atoms. The number of sulfonamides is 1. The van der Waals surface area contributed by atoms with Crippen molar-refractivity contribution in [2.75, 3.05) is 20.1 Å². The van der Waals surface area contributed by atoms with Crippen molar-refractivity contribution in [2.24, 2.45) is 0 Å². The second kappa shape index (κ2) is 5.78. The van der Waals surface area contributed by atoms with Crippen molar-refractivity contribution in [3.8, 4) is 0 Å². The first kappa shape index (κ1) is 16.0. The summed E-state index contributed by atoms with van der Waals surface area (Å²) in [4.78, 5) is 15.9. The number of H-pyrrole nitrogens is 1. The molecule has 2 heterocycles. The molecule has 1 aromatic rings. The number of carboxylic acids is 1. The van der Waals surface area contributed by atoms with E-state index >= 15 is 0 Å². The predicted molar refractivity (Wildman–Crippen MR) is 78.1 cm³/mol. The monoisotopic (exact) mass is 315 g/mol. The number of hydrogen-bond donors (Lipinski definition) is 3. The predicted octanol–water partition coefficient (Wildman–Crippen LogP) is 0.702. The van der Waals surface area contributed by atoms with E-state index in [1.54, 1.807) is 6.92 Å². The molecule has 2 rings (SSSR count). The number of nitrogens with zero attached hydrogens (tertiary/aromatic N) is 1. The number of carbonyl (C=O) groups is 1. The summed E-state index contributed by atoms with van der Waals surface area (Å²) < 4.78 is 27.5. The van der Waals surface area contributed by atoms with Gasteiger partial charge in [0.15, 0.2) is 0 Å². The van der Waals surface area contributed by atoms with Crippen molar-refractivity contribution in [3.63, 3.8) is 0 Å². The van der Waals surface area contributed by atoms with Crippen LogP contribution in [0, 0.1) is 13.8 Å². The maximum Gasteiger partial charge on any atom is 0.352 e. The first-order valence-electron chi connectivity index (χ1n) is 6.86. The lowest BCUT2D eigenvalue weighted by atomic mass is 10.2. The Hall–Kier alpha value is -1.38. The Balaban J connectivity index is 2.22. The lowest BCUT2D eigenvalue weighted by molar-refractivity contribution is 0.0690. The van der Waals surface area contributed by atoms with E-state index in [0.717, 1.165) is 19.4 Å². The molecule has 8 heteroatoms. The molecule has 0 aliphatic carbocycles. The molecule has 0 saturated carbocycles. The van der Waals surface area contributed by atoms with Gasteiger partial charge in [-0.1, -0.05) is 0 Å². The van der Waals surface area contributed by atoms with Gasteiger partial charge in [-0.3, -0.25) is 0 Å². The van der Waals surface area contributed by atoms with Gasteiger partial charge in [-0.15, -0.1) is 0 Å². The van der Waals surface area contributed by atoms with Gasteiger partial charge < -0.3 is 15.0 Å². The van der Waals surface area contributed by atoms with Gasteiger partial charge in [-0.25, -0.2) is 17.9 Å². The van der Waals surface area contributed by atoms with E-state index in [0.29, 0.717) is 12.2 Å². The summed E-state index contributed by atoms with van der Waals surface area (Å²) in [7, 11) is -1.74. The molecule has 1 aromatic heterocycles. The minimum Gasteiger partial charge on any atom is -0.477 e. The van der Waals surface area contributed by atoms with Crippen molar-refractivity contribution in [1.82, 2.24) is 14.6 Å². The van der Waals surface area contributed by atoms with E-state index in [4.69, 9.17) is 5.11 Å². The van der Waals surface area contributed by atoms with E-state index < -0.39 is 16.0 Å². The molecular formula is C13H21N3O4S. The summed E-state index contributed by atoms with van der Waals surface area (Å²) in [5.41, 5.74) is 0.510. The first-order valence-corrected chi connectivity index (χ1v) is 8.34. The number of aromatic carboxylic acids is 1. The Kier molecular flexibility index (Phi) is 4.40. The number of aryl methyl sites for hydroxylation is 1. The minimum atomic E-state index is -3.72. The Bertz CT molecular complexity index is 651. The van der Waals surface area contributed by atoms with Crippen LogP contribution in [0.5, 0.6) is 0 Å². The van der Waals surface area contributed by atoms with E-state index in [2.05, 4.69) is 14.6 Å². The number of rotatable bonds is 5. The van der Waals surface area contributed by atoms with Gasteiger partial charge in [0.2, 0.25) is 10.0 Å². The Morgan fingerprint density at radius 3 is 2.62 bits per heavy atom. The van der Waals surface area contributed by atoms with Crippen LogP contribution in [-0.4, -0.2) is 55.6 Å². The number of likely N-dealkylation sites (N-methyl/N-ethyl adjacent to an activating group) is 1. The average molecular weight is 315 g/mol. The van der Waals surface area contributed by atoms with Gasteiger partial charge in [0, 0.05) is 23.8 Å². The van der Waals surface area contributed by atoms with Crippen molar-refractivity contribution >= 4 is 16.0 Å². The summed E-state index contributed by atoms with van der Waals surface area (Å²) in [6.07, 6.45) is 2.03. The summed E-state index contributed by atoms with van der Waals surface area (Å²) >= 11 is 0. The highest BCUT2D eigenvalue weighted by atomic mass is 32.2. The highest BCUT2D eigenvalue weighted by Crippen LogP contribution is 2.23.